The molecule has 1 amide bonds. The van der Waals surface area contributed by atoms with Gasteiger partial charge in [-0.05, 0) is 24.1 Å². The van der Waals surface area contributed by atoms with Gasteiger partial charge in [0.2, 0.25) is 0 Å². The van der Waals surface area contributed by atoms with Crippen LogP contribution in [0.5, 0.6) is 0 Å². The summed E-state index contributed by atoms with van der Waals surface area (Å²) in [7, 11) is 0. The summed E-state index contributed by atoms with van der Waals surface area (Å²) in [5, 5.41) is 0. The number of halogens is 1. The van der Waals surface area contributed by atoms with Gasteiger partial charge in [-0.3, -0.25) is 4.72 Å². The molecule has 0 spiro atoms. The fourth-order valence-electron chi connectivity index (χ4n) is 0.588. The van der Waals surface area contributed by atoms with Crippen LogP contribution < -0.4 is 4.72 Å². The molecule has 0 bridgehead atoms. The maximum Gasteiger partial charge on any atom is 0.407 e. The average molecular weight is 171 g/mol. The van der Waals surface area contributed by atoms with Gasteiger partial charge < -0.3 is 0 Å². The normalized spacial score (nSPS) is 9.18. The standard InChI is InChI=1S/C7H6FNOS/c8-7(10)9-11-6-4-2-1-3-5-6/h1-5H,(H,9,10). The largest absolute Gasteiger partial charge is 0.407 e. The Hall–Kier alpha value is -1.03. The minimum absolute atomic E-state index is 0.804. The van der Waals surface area contributed by atoms with Crippen molar-refractivity contribution in [3.63, 3.8) is 0 Å². The van der Waals surface area contributed by atoms with Gasteiger partial charge in [0, 0.05) is 4.90 Å². The van der Waals surface area contributed by atoms with Crippen LogP contribution in [-0.4, -0.2) is 6.16 Å². The molecule has 2 nitrogen and oxygen atoms in total. The average Bonchev–Trinajstić information content (AvgIpc) is 2.03. The molecule has 0 saturated carbocycles. The van der Waals surface area contributed by atoms with Crippen LogP contribution in [0.3, 0.4) is 0 Å². The van der Waals surface area contributed by atoms with Crippen LogP contribution in [0, 0.1) is 0 Å². The first kappa shape index (κ1) is 8.07. The number of carbonyl (C=O) groups is 1. The van der Waals surface area contributed by atoms with Gasteiger partial charge in [0.25, 0.3) is 0 Å². The molecule has 0 aliphatic heterocycles. The fraction of sp³-hybridized carbons (Fsp3) is 0. The molecule has 0 unspecified atom stereocenters. The van der Waals surface area contributed by atoms with E-state index in [-0.39, 0.29) is 0 Å². The van der Waals surface area contributed by atoms with Crippen molar-refractivity contribution in [2.24, 2.45) is 0 Å². The molecule has 4 heteroatoms. The Bertz CT molecular complexity index is 239. The summed E-state index contributed by atoms with van der Waals surface area (Å²) in [4.78, 5) is 10.6. The molecule has 0 aliphatic carbocycles. The predicted molar refractivity (Wildman–Crippen MR) is 41.9 cm³/mol. The van der Waals surface area contributed by atoms with E-state index in [1.165, 1.54) is 0 Å². The molecule has 1 aromatic rings. The van der Waals surface area contributed by atoms with Crippen molar-refractivity contribution >= 4 is 18.1 Å². The Balaban J connectivity index is 2.45. The van der Waals surface area contributed by atoms with Gasteiger partial charge in [-0.15, -0.1) is 4.39 Å². The molecule has 0 saturated heterocycles. The summed E-state index contributed by atoms with van der Waals surface area (Å²) in [5.41, 5.74) is 0. The minimum Gasteiger partial charge on any atom is -0.267 e. The molecule has 0 fully saturated rings. The van der Waals surface area contributed by atoms with Gasteiger partial charge in [-0.25, -0.2) is 4.79 Å². The number of hydrogen-bond donors (Lipinski definition) is 1. The van der Waals surface area contributed by atoms with Gasteiger partial charge in [-0.1, -0.05) is 18.2 Å². The minimum atomic E-state index is -1.53. The van der Waals surface area contributed by atoms with E-state index in [2.05, 4.69) is 0 Å². The quantitative estimate of drug-likeness (QED) is 0.420. The van der Waals surface area contributed by atoms with Crippen molar-refractivity contribution < 1.29 is 9.18 Å². The number of rotatable bonds is 2. The van der Waals surface area contributed by atoms with Gasteiger partial charge in [0.05, 0.1) is 0 Å². The smallest absolute Gasteiger partial charge is 0.267 e. The first-order chi connectivity index (χ1) is 5.29. The van der Waals surface area contributed by atoms with E-state index in [4.69, 9.17) is 0 Å². The van der Waals surface area contributed by atoms with Crippen LogP contribution in [-0.2, 0) is 0 Å². The molecule has 1 N–H and O–H groups in total. The van der Waals surface area contributed by atoms with E-state index in [0.29, 0.717) is 0 Å². The lowest BCUT2D eigenvalue weighted by atomic mass is 10.4. The molecule has 0 heterocycles. The molecular weight excluding hydrogens is 165 g/mol. The highest BCUT2D eigenvalue weighted by Gasteiger charge is 1.95. The second-order valence-electron chi connectivity index (χ2n) is 1.79. The van der Waals surface area contributed by atoms with E-state index in [1.807, 2.05) is 22.9 Å². The second-order valence-corrected chi connectivity index (χ2v) is 2.67. The second kappa shape index (κ2) is 3.98. The SMILES string of the molecule is O=C(F)NSc1ccccc1. The third-order valence-corrected chi connectivity index (χ3v) is 1.76. The number of benzene rings is 1. The highest BCUT2D eigenvalue weighted by Crippen LogP contribution is 2.12. The molecule has 1 aromatic carbocycles. The highest BCUT2D eigenvalue weighted by molar-refractivity contribution is 7.98. The van der Waals surface area contributed by atoms with E-state index >= 15 is 0 Å². The van der Waals surface area contributed by atoms with E-state index in [0.717, 1.165) is 16.8 Å². The zero-order valence-corrected chi connectivity index (χ0v) is 6.40. The van der Waals surface area contributed by atoms with Crippen LogP contribution in [0.1, 0.15) is 0 Å². The van der Waals surface area contributed by atoms with E-state index in [1.54, 1.807) is 12.1 Å². The highest BCUT2D eigenvalue weighted by atomic mass is 32.2. The van der Waals surface area contributed by atoms with Crippen LogP contribution >= 0.6 is 11.9 Å². The summed E-state index contributed by atoms with van der Waals surface area (Å²) in [6.07, 6.45) is -1.53. The molecule has 0 aliphatic rings. The van der Waals surface area contributed by atoms with Gasteiger partial charge in [0.1, 0.15) is 0 Å². The van der Waals surface area contributed by atoms with Gasteiger partial charge in [0.15, 0.2) is 0 Å². The molecule has 1 rings (SSSR count). The Morgan fingerprint density at radius 3 is 2.55 bits per heavy atom. The number of carbonyl (C=O) groups excluding carboxylic acids is 1. The number of hydrogen-bond acceptors (Lipinski definition) is 2. The third-order valence-electron chi connectivity index (χ3n) is 0.992. The number of nitrogens with one attached hydrogen (secondary N) is 1. The zero-order valence-electron chi connectivity index (χ0n) is 5.58. The van der Waals surface area contributed by atoms with Crippen molar-refractivity contribution in [3.8, 4) is 0 Å². The monoisotopic (exact) mass is 171 g/mol. The molecule has 0 aromatic heterocycles. The lowest BCUT2D eigenvalue weighted by Gasteiger charge is -1.96. The van der Waals surface area contributed by atoms with Crippen molar-refractivity contribution in [1.29, 1.82) is 0 Å². The van der Waals surface area contributed by atoms with Crippen LogP contribution in [0.15, 0.2) is 35.2 Å². The lowest BCUT2D eigenvalue weighted by molar-refractivity contribution is 0.228. The van der Waals surface area contributed by atoms with Crippen molar-refractivity contribution in [1.82, 2.24) is 4.72 Å². The van der Waals surface area contributed by atoms with Crippen molar-refractivity contribution in [3.05, 3.63) is 30.3 Å². The van der Waals surface area contributed by atoms with Crippen molar-refractivity contribution in [2.45, 2.75) is 4.90 Å². The summed E-state index contributed by atoms with van der Waals surface area (Å²) < 4.78 is 13.6. The number of amides is 1. The summed E-state index contributed by atoms with van der Waals surface area (Å²) in [6, 6.07) is 9.03. The Morgan fingerprint density at radius 1 is 1.36 bits per heavy atom. The topological polar surface area (TPSA) is 29.1 Å². The fourth-order valence-corrected chi connectivity index (χ4v) is 1.08. The van der Waals surface area contributed by atoms with Gasteiger partial charge >= 0.3 is 6.16 Å². The Labute approximate surface area is 67.9 Å². The van der Waals surface area contributed by atoms with E-state index in [9.17, 15) is 9.18 Å². The maximum atomic E-state index is 11.6. The molecular formula is C7H6FNOS. The summed E-state index contributed by atoms with van der Waals surface area (Å²) in [6.45, 7) is 0. The summed E-state index contributed by atoms with van der Waals surface area (Å²) in [5.74, 6) is 0. The molecule has 0 radical (unpaired) electrons. The third kappa shape index (κ3) is 3.04. The van der Waals surface area contributed by atoms with E-state index < -0.39 is 6.16 Å². The first-order valence-electron chi connectivity index (χ1n) is 2.96. The van der Waals surface area contributed by atoms with Crippen LogP contribution in [0.2, 0.25) is 0 Å². The van der Waals surface area contributed by atoms with Gasteiger partial charge in [-0.2, -0.15) is 0 Å². The zero-order chi connectivity index (χ0) is 8.10. The van der Waals surface area contributed by atoms with Crippen LogP contribution in [0.4, 0.5) is 9.18 Å². The predicted octanol–water partition coefficient (Wildman–Crippen LogP) is 2.37. The Kier molecular flexibility index (Phi) is 2.92. The molecule has 0 atom stereocenters. The Morgan fingerprint density at radius 2 is 2.00 bits per heavy atom. The van der Waals surface area contributed by atoms with Crippen molar-refractivity contribution in [2.75, 3.05) is 0 Å². The lowest BCUT2D eigenvalue weighted by Crippen LogP contribution is -2.05. The molecule has 11 heavy (non-hydrogen) atoms. The maximum absolute atomic E-state index is 11.6. The van der Waals surface area contributed by atoms with Crippen LogP contribution in [0.25, 0.3) is 0 Å². The summed E-state index contributed by atoms with van der Waals surface area (Å²) >= 11 is 0.954. The molecule has 58 valence electrons. The first-order valence-corrected chi connectivity index (χ1v) is 3.78.